The Bertz CT molecular complexity index is 1440. The van der Waals surface area contributed by atoms with Crippen molar-refractivity contribution >= 4 is 70.4 Å². The molecule has 0 atom stereocenters. The molecule has 8 bridgehead atoms. The Balaban J connectivity index is 1.64. The van der Waals surface area contributed by atoms with Crippen LogP contribution < -0.4 is 4.74 Å². The molecule has 0 radical (unpaired) electrons. The number of aliphatic hydroxyl groups is 1. The third-order valence-corrected chi connectivity index (χ3v) is 50.4. The Morgan fingerprint density at radius 1 is 0.383 bits per heavy atom. The van der Waals surface area contributed by atoms with Crippen LogP contribution in [-0.2, 0) is 56.0 Å². The van der Waals surface area contributed by atoms with Gasteiger partial charge in [0, 0.05) is 48.4 Å². The van der Waals surface area contributed by atoms with E-state index in [1.807, 2.05) is 24.3 Å². The fourth-order valence-electron chi connectivity index (χ4n) is 9.04. The Morgan fingerprint density at radius 2 is 0.617 bits per heavy atom. The Kier molecular flexibility index (Phi) is 15.6. The first-order chi connectivity index (χ1) is 27.9. The topological polar surface area (TPSA) is 140 Å². The molecule has 0 aliphatic carbocycles. The van der Waals surface area contributed by atoms with Gasteiger partial charge in [0.2, 0.25) is 0 Å². The normalized spacial score (nSPS) is 37.8. The second kappa shape index (κ2) is 18.8. The van der Waals surface area contributed by atoms with E-state index in [1.165, 1.54) is 0 Å². The van der Waals surface area contributed by atoms with Crippen molar-refractivity contribution in [2.75, 3.05) is 6.61 Å². The molecule has 22 heteroatoms. The van der Waals surface area contributed by atoms with Crippen molar-refractivity contribution in [1.82, 2.24) is 0 Å². The molecule has 6 fully saturated rings. The Labute approximate surface area is 369 Å². The van der Waals surface area contributed by atoms with E-state index in [0.29, 0.717) is 67.1 Å². The van der Waals surface area contributed by atoms with Crippen LogP contribution in [0.2, 0.25) is 48.4 Å². The quantitative estimate of drug-likeness (QED) is 0.0981. The Morgan fingerprint density at radius 3 is 0.833 bits per heavy atom. The van der Waals surface area contributed by atoms with Gasteiger partial charge in [0.05, 0.1) is 13.2 Å². The van der Waals surface area contributed by atoms with Gasteiger partial charge in [0.15, 0.2) is 0 Å². The number of hydrogen-bond donors (Lipinski definition) is 1. The number of hydrogen-bond acceptors (Lipinski definition) is 14. The van der Waals surface area contributed by atoms with Gasteiger partial charge in [-0.15, -0.1) is 0 Å². The molecule has 1 aromatic rings. The summed E-state index contributed by atoms with van der Waals surface area (Å²) < 4.78 is 100. The van der Waals surface area contributed by atoms with Crippen molar-refractivity contribution in [3.63, 3.8) is 0 Å². The van der Waals surface area contributed by atoms with Crippen LogP contribution in [0.5, 0.6) is 5.75 Å². The average molecular weight is 982 g/mol. The fraction of sp³-hybridized carbons (Fsp3) is 0.842. The lowest BCUT2D eigenvalue weighted by molar-refractivity contribution is -0.0343. The monoisotopic (exact) mass is 980 g/mol. The summed E-state index contributed by atoms with van der Waals surface area (Å²) in [6.07, 6.45) is 0.518. The minimum absolute atomic E-state index is 0.0309. The third-order valence-electron chi connectivity index (χ3n) is 10.3. The van der Waals surface area contributed by atoms with Gasteiger partial charge >= 0.3 is 70.4 Å². The zero-order chi connectivity index (χ0) is 44.0. The molecule has 0 saturated carbocycles. The van der Waals surface area contributed by atoms with E-state index in [2.05, 4.69) is 96.9 Å². The Hall–Kier alpha value is 0.235. The van der Waals surface area contributed by atoms with Crippen LogP contribution in [0.4, 0.5) is 0 Å². The van der Waals surface area contributed by atoms with Gasteiger partial charge in [-0.1, -0.05) is 109 Å². The first-order valence-electron chi connectivity index (χ1n) is 22.7. The van der Waals surface area contributed by atoms with Gasteiger partial charge in [-0.2, -0.15) is 0 Å². The van der Waals surface area contributed by atoms with Gasteiger partial charge < -0.3 is 59.2 Å². The van der Waals surface area contributed by atoms with E-state index in [1.54, 1.807) is 0 Å². The van der Waals surface area contributed by atoms with Crippen LogP contribution >= 0.6 is 0 Å². The minimum Gasteiger partial charge on any atom is -0.494 e. The summed E-state index contributed by atoms with van der Waals surface area (Å²) in [6, 6.07) is 11.1. The van der Waals surface area contributed by atoms with Gasteiger partial charge in [-0.3, -0.25) is 0 Å². The van der Waals surface area contributed by atoms with E-state index in [-0.39, 0.29) is 48.0 Å². The molecule has 0 unspecified atom stereocenters. The largest absolute Gasteiger partial charge is 0.494 e. The summed E-state index contributed by atoms with van der Waals surface area (Å²) in [6.45, 7) is 30.6. The van der Waals surface area contributed by atoms with Crippen molar-refractivity contribution in [3.8, 4) is 5.75 Å². The van der Waals surface area contributed by atoms with Crippen LogP contribution in [0, 0.1) is 41.4 Å². The average Bonchev–Trinajstić information content (AvgIpc) is 3.01. The standard InChI is InChI=1S/C38H76O14Si8/c1-30(2)23-54-41-53(21-15-20-40-38-18-16-37(22-39)17-19-38)42-55(24-31(3)4)46-57(44-54,26-33(7)8)50-60(29-36(13)14)51-58(45-54,27-34(9)10)47-56(43-53,25-32(5)6)49-59(48-55,52-60)28-35(11)12/h16-19,30-36,39H,15,20-29H2,1-14H3. The lowest BCUT2D eigenvalue weighted by atomic mass is 10.2. The highest BCUT2D eigenvalue weighted by molar-refractivity contribution is 7.03. The van der Waals surface area contributed by atoms with Crippen LogP contribution in [0.3, 0.4) is 0 Å². The van der Waals surface area contributed by atoms with Crippen LogP contribution in [0.1, 0.15) is 109 Å². The summed E-state index contributed by atoms with van der Waals surface area (Å²) in [5, 5.41) is 9.60. The summed E-state index contributed by atoms with van der Waals surface area (Å²) >= 11 is 0. The van der Waals surface area contributed by atoms with Crippen molar-refractivity contribution in [1.29, 1.82) is 0 Å². The number of rotatable bonds is 20. The maximum atomic E-state index is 9.60. The van der Waals surface area contributed by atoms with Crippen molar-refractivity contribution in [2.45, 2.75) is 158 Å². The highest BCUT2D eigenvalue weighted by Crippen LogP contribution is 2.56. The SMILES string of the molecule is CC(C)C[Si]12O[Si]3(CCCOc4ccc(CO)cc4)O[Si]4(CC(C)C)O[Si](CC(C)C)(O1)O[Si]1(CC(C)C)O[Si](CC(C)C)(O2)O[Si](CC(C)C)(O3)O[Si](CC(C)C)(O4)O1. The molecule has 6 heterocycles. The number of ether oxygens (including phenoxy) is 1. The molecule has 1 N–H and O–H groups in total. The molecule has 60 heavy (non-hydrogen) atoms. The molecule has 1 aromatic carbocycles. The van der Waals surface area contributed by atoms with Crippen molar-refractivity contribution in [2.24, 2.45) is 41.4 Å². The molecular weight excluding hydrogens is 905 g/mol. The van der Waals surface area contributed by atoms with E-state index in [0.717, 1.165) is 5.56 Å². The summed E-state index contributed by atoms with van der Waals surface area (Å²) in [5.74, 6) is 1.40. The van der Waals surface area contributed by atoms with Crippen LogP contribution in [0.15, 0.2) is 24.3 Å². The van der Waals surface area contributed by atoms with E-state index < -0.39 is 70.4 Å². The zero-order valence-electron chi connectivity index (χ0n) is 38.9. The van der Waals surface area contributed by atoms with Gasteiger partial charge in [0.1, 0.15) is 5.75 Å². The minimum atomic E-state index is -4.05. The first-order valence-corrected chi connectivity index (χ1v) is 38.1. The zero-order valence-corrected chi connectivity index (χ0v) is 46.9. The van der Waals surface area contributed by atoms with E-state index in [9.17, 15) is 5.11 Å². The fourth-order valence-corrected chi connectivity index (χ4v) is 60.6. The molecular formula is C38H76O14Si8. The number of benzene rings is 1. The smallest absolute Gasteiger partial charge is 0.479 e. The number of aliphatic hydroxyl groups excluding tert-OH is 1. The molecule has 14 nitrogen and oxygen atoms in total. The van der Waals surface area contributed by atoms with E-state index in [4.69, 9.17) is 54.1 Å². The second-order valence-electron chi connectivity index (χ2n) is 20.6. The predicted molar refractivity (Wildman–Crippen MR) is 244 cm³/mol. The maximum absolute atomic E-state index is 9.60. The molecule has 6 aliphatic rings. The highest BCUT2D eigenvalue weighted by Gasteiger charge is 2.83. The van der Waals surface area contributed by atoms with Gasteiger partial charge in [0.25, 0.3) is 0 Å². The predicted octanol–water partition coefficient (Wildman–Crippen LogP) is 9.32. The molecule has 6 saturated heterocycles. The molecule has 0 amide bonds. The van der Waals surface area contributed by atoms with Gasteiger partial charge in [-0.25, -0.2) is 0 Å². The van der Waals surface area contributed by atoms with E-state index >= 15 is 0 Å². The highest BCUT2D eigenvalue weighted by atomic mass is 28.6. The third kappa shape index (κ3) is 11.8. The summed E-state index contributed by atoms with van der Waals surface area (Å²) in [7, 11) is -31.8. The van der Waals surface area contributed by atoms with Crippen LogP contribution in [-0.4, -0.2) is 82.1 Å². The lowest BCUT2D eigenvalue weighted by Crippen LogP contribution is -2.88. The molecule has 0 aromatic heterocycles. The molecule has 0 spiro atoms. The molecule has 344 valence electrons. The van der Waals surface area contributed by atoms with Crippen molar-refractivity contribution in [3.05, 3.63) is 29.8 Å². The second-order valence-corrected chi connectivity index (χ2v) is 44.7. The molecule has 6 aliphatic heterocycles. The summed E-state index contributed by atoms with van der Waals surface area (Å²) in [4.78, 5) is 0. The van der Waals surface area contributed by atoms with Crippen LogP contribution in [0.25, 0.3) is 0 Å². The maximum Gasteiger partial charge on any atom is 0.479 e. The first kappa shape index (κ1) is 49.7. The lowest BCUT2D eigenvalue weighted by Gasteiger charge is -2.64. The van der Waals surface area contributed by atoms with Crippen molar-refractivity contribution < 1.29 is 59.2 Å². The van der Waals surface area contributed by atoms with Gasteiger partial charge in [-0.05, 0) is 65.5 Å². The summed E-state index contributed by atoms with van der Waals surface area (Å²) in [5.41, 5.74) is 0.820. The molecule has 7 rings (SSSR count).